The summed E-state index contributed by atoms with van der Waals surface area (Å²) < 4.78 is 13.6. The molecule has 2 aromatic heterocycles. The van der Waals surface area contributed by atoms with Crippen LogP contribution in [-0.4, -0.2) is 57.3 Å². The van der Waals surface area contributed by atoms with Crippen molar-refractivity contribution in [3.63, 3.8) is 0 Å². The molecular weight excluding hydrogens is 483 g/mol. The summed E-state index contributed by atoms with van der Waals surface area (Å²) in [4.78, 5) is 41.7. The van der Waals surface area contributed by atoms with E-state index in [2.05, 4.69) is 25.6 Å². The lowest BCUT2D eigenvalue weighted by Gasteiger charge is -2.35. The SMILES string of the molecule is CNC(C)C(=O)NC(C(=O)N1CCCC1c1cc2nc(C)nc(-c3ccc(F)cc3)c2[nH]1)C1CCCCC1. The van der Waals surface area contributed by atoms with Crippen molar-refractivity contribution in [1.29, 1.82) is 0 Å². The molecule has 9 heteroatoms. The highest BCUT2D eigenvalue weighted by molar-refractivity contribution is 5.92. The average molecular weight is 521 g/mol. The van der Waals surface area contributed by atoms with Gasteiger partial charge in [0.1, 0.15) is 17.7 Å². The van der Waals surface area contributed by atoms with Crippen molar-refractivity contribution in [3.05, 3.63) is 47.7 Å². The molecule has 38 heavy (non-hydrogen) atoms. The van der Waals surface area contributed by atoms with Gasteiger partial charge in [0.2, 0.25) is 11.8 Å². The van der Waals surface area contributed by atoms with Gasteiger partial charge in [0.15, 0.2) is 0 Å². The number of aromatic nitrogens is 3. The molecule has 0 radical (unpaired) electrons. The van der Waals surface area contributed by atoms with E-state index in [1.807, 2.05) is 24.8 Å². The molecule has 202 valence electrons. The summed E-state index contributed by atoms with van der Waals surface area (Å²) in [5, 5.41) is 6.08. The first-order valence-corrected chi connectivity index (χ1v) is 13.8. The van der Waals surface area contributed by atoms with E-state index in [-0.39, 0.29) is 35.6 Å². The Balaban J connectivity index is 1.46. The van der Waals surface area contributed by atoms with Crippen molar-refractivity contribution in [2.75, 3.05) is 13.6 Å². The van der Waals surface area contributed by atoms with Crippen LogP contribution >= 0.6 is 0 Å². The lowest BCUT2D eigenvalue weighted by molar-refractivity contribution is -0.139. The number of benzene rings is 1. The van der Waals surface area contributed by atoms with Gasteiger partial charge in [-0.1, -0.05) is 19.3 Å². The maximum atomic E-state index is 14.1. The number of fused-ring (bicyclic) bond motifs is 1. The van der Waals surface area contributed by atoms with E-state index in [1.54, 1.807) is 19.2 Å². The monoisotopic (exact) mass is 520 g/mol. The highest BCUT2D eigenvalue weighted by atomic mass is 19.1. The number of H-pyrrole nitrogens is 1. The zero-order chi connectivity index (χ0) is 26.8. The van der Waals surface area contributed by atoms with E-state index in [4.69, 9.17) is 0 Å². The minimum Gasteiger partial charge on any atom is -0.354 e. The summed E-state index contributed by atoms with van der Waals surface area (Å²) in [5.74, 6) is 0.322. The number of aromatic amines is 1. The molecule has 0 bridgehead atoms. The van der Waals surface area contributed by atoms with Gasteiger partial charge >= 0.3 is 0 Å². The van der Waals surface area contributed by atoms with Crippen LogP contribution in [0.1, 0.15) is 69.4 Å². The maximum absolute atomic E-state index is 14.1. The number of likely N-dealkylation sites (N-methyl/N-ethyl adjacent to an activating group) is 1. The van der Waals surface area contributed by atoms with Crippen molar-refractivity contribution in [2.45, 2.75) is 76.9 Å². The van der Waals surface area contributed by atoms with Crippen LogP contribution in [0.4, 0.5) is 4.39 Å². The molecule has 3 unspecified atom stereocenters. The van der Waals surface area contributed by atoms with Crippen LogP contribution in [0, 0.1) is 18.7 Å². The Morgan fingerprint density at radius 3 is 2.53 bits per heavy atom. The van der Waals surface area contributed by atoms with Gasteiger partial charge in [-0.05, 0) is 82.8 Å². The molecule has 1 aliphatic heterocycles. The summed E-state index contributed by atoms with van der Waals surface area (Å²) in [6.07, 6.45) is 6.96. The number of halogens is 1. The fraction of sp³-hybridized carbons (Fsp3) is 0.517. The third kappa shape index (κ3) is 5.29. The molecule has 1 aromatic carbocycles. The van der Waals surface area contributed by atoms with Crippen molar-refractivity contribution in [3.8, 4) is 11.3 Å². The molecule has 1 saturated heterocycles. The van der Waals surface area contributed by atoms with Crippen LogP contribution in [0.2, 0.25) is 0 Å². The third-order valence-corrected chi connectivity index (χ3v) is 8.13. The summed E-state index contributed by atoms with van der Waals surface area (Å²) >= 11 is 0. The normalized spacial score (nSPS) is 20.0. The second-order valence-electron chi connectivity index (χ2n) is 10.7. The van der Waals surface area contributed by atoms with Crippen molar-refractivity contribution in [2.24, 2.45) is 5.92 Å². The molecule has 3 aromatic rings. The molecule has 0 spiro atoms. The second-order valence-corrected chi connectivity index (χ2v) is 10.7. The number of aryl methyl sites for hydroxylation is 1. The van der Waals surface area contributed by atoms with Crippen LogP contribution in [0.5, 0.6) is 0 Å². The van der Waals surface area contributed by atoms with Crippen molar-refractivity contribution < 1.29 is 14.0 Å². The molecule has 2 aliphatic rings. The fourth-order valence-corrected chi connectivity index (χ4v) is 5.94. The molecular formula is C29H37FN6O2. The summed E-state index contributed by atoms with van der Waals surface area (Å²) in [5.41, 5.74) is 3.96. The van der Waals surface area contributed by atoms with Crippen LogP contribution in [0.25, 0.3) is 22.3 Å². The number of carbonyl (C=O) groups excluding carboxylic acids is 2. The Bertz CT molecular complexity index is 1300. The third-order valence-electron chi connectivity index (χ3n) is 8.13. The first-order chi connectivity index (χ1) is 18.4. The number of hydrogen-bond donors (Lipinski definition) is 3. The average Bonchev–Trinajstić information content (AvgIpc) is 3.58. The van der Waals surface area contributed by atoms with Crippen molar-refractivity contribution in [1.82, 2.24) is 30.5 Å². The Kier molecular flexibility index (Phi) is 7.74. The summed E-state index contributed by atoms with van der Waals surface area (Å²) in [6, 6.07) is 7.25. The van der Waals surface area contributed by atoms with Gasteiger partial charge in [0.25, 0.3) is 0 Å². The number of rotatable bonds is 7. The standard InChI is InChI=1S/C29H37FN6O2/c1-17(31-3)28(37)35-26(19-8-5-4-6-9-19)29(38)36-15-7-10-24(36)22-16-23-27(34-22)25(33-18(2)32-23)20-11-13-21(30)14-12-20/h11-14,16-17,19,24,26,31,34H,4-10,15H2,1-3H3,(H,35,37). The van der Waals surface area contributed by atoms with Crippen LogP contribution in [0.3, 0.4) is 0 Å². The molecule has 1 aliphatic carbocycles. The largest absolute Gasteiger partial charge is 0.354 e. The highest BCUT2D eigenvalue weighted by Gasteiger charge is 2.39. The van der Waals surface area contributed by atoms with Gasteiger partial charge in [0, 0.05) is 17.8 Å². The number of carbonyl (C=O) groups is 2. The zero-order valence-corrected chi connectivity index (χ0v) is 22.4. The number of amides is 2. The quantitative estimate of drug-likeness (QED) is 0.428. The number of nitrogens with zero attached hydrogens (tertiary/aromatic N) is 3. The van der Waals surface area contributed by atoms with Gasteiger partial charge in [-0.25, -0.2) is 14.4 Å². The number of hydrogen-bond acceptors (Lipinski definition) is 5. The van der Waals surface area contributed by atoms with Gasteiger partial charge < -0.3 is 20.5 Å². The molecule has 8 nitrogen and oxygen atoms in total. The summed E-state index contributed by atoms with van der Waals surface area (Å²) in [7, 11) is 1.75. The van der Waals surface area contributed by atoms with Crippen LogP contribution in [0.15, 0.2) is 30.3 Å². The molecule has 1 saturated carbocycles. The van der Waals surface area contributed by atoms with Crippen molar-refractivity contribution >= 4 is 22.8 Å². The number of nitrogens with one attached hydrogen (secondary N) is 3. The fourth-order valence-electron chi connectivity index (χ4n) is 5.94. The number of likely N-dealkylation sites (tertiary alicyclic amines) is 1. The van der Waals surface area contributed by atoms with Gasteiger partial charge in [-0.3, -0.25) is 9.59 Å². The minimum atomic E-state index is -0.527. The first-order valence-electron chi connectivity index (χ1n) is 13.8. The van der Waals surface area contributed by atoms with Gasteiger partial charge in [-0.2, -0.15) is 0 Å². The summed E-state index contributed by atoms with van der Waals surface area (Å²) in [6.45, 7) is 4.30. The highest BCUT2D eigenvalue weighted by Crippen LogP contribution is 2.37. The van der Waals surface area contributed by atoms with Gasteiger partial charge in [-0.15, -0.1) is 0 Å². The van der Waals surface area contributed by atoms with Crippen LogP contribution in [-0.2, 0) is 9.59 Å². The Morgan fingerprint density at radius 1 is 1.08 bits per heavy atom. The zero-order valence-electron chi connectivity index (χ0n) is 22.4. The van der Waals surface area contributed by atoms with E-state index in [0.717, 1.165) is 60.8 Å². The Morgan fingerprint density at radius 2 is 1.82 bits per heavy atom. The smallest absolute Gasteiger partial charge is 0.246 e. The van der Waals surface area contributed by atoms with Gasteiger partial charge in [0.05, 0.1) is 28.8 Å². The van der Waals surface area contributed by atoms with E-state index in [1.165, 1.54) is 18.6 Å². The predicted molar refractivity (Wildman–Crippen MR) is 145 cm³/mol. The molecule has 3 atom stereocenters. The molecule has 2 amide bonds. The molecule has 5 rings (SSSR count). The first kappa shape index (κ1) is 26.3. The minimum absolute atomic E-state index is 0.00395. The van der Waals surface area contributed by atoms with E-state index in [0.29, 0.717) is 18.1 Å². The topological polar surface area (TPSA) is 103 Å². The molecule has 3 heterocycles. The van der Waals surface area contributed by atoms with E-state index < -0.39 is 6.04 Å². The lowest BCUT2D eigenvalue weighted by atomic mass is 9.83. The maximum Gasteiger partial charge on any atom is 0.246 e. The van der Waals surface area contributed by atoms with Crippen LogP contribution < -0.4 is 10.6 Å². The second kappa shape index (κ2) is 11.2. The Labute approximate surface area is 222 Å². The Hall–Kier alpha value is -3.33. The molecule has 3 N–H and O–H groups in total. The van der Waals surface area contributed by atoms with E-state index >= 15 is 0 Å². The predicted octanol–water partition coefficient (Wildman–Crippen LogP) is 4.41. The van der Waals surface area contributed by atoms with E-state index in [9.17, 15) is 14.0 Å². The lowest BCUT2D eigenvalue weighted by Crippen LogP contribution is -2.55. The molecule has 2 fully saturated rings.